The van der Waals surface area contributed by atoms with Crippen LogP contribution in [0, 0.1) is 22.7 Å². The summed E-state index contributed by atoms with van der Waals surface area (Å²) in [6, 6.07) is 0. The Morgan fingerprint density at radius 3 is 2.28 bits per heavy atom. The van der Waals surface area contributed by atoms with E-state index >= 15 is 0 Å². The van der Waals surface area contributed by atoms with Gasteiger partial charge in [-0.3, -0.25) is 9.59 Å². The van der Waals surface area contributed by atoms with Gasteiger partial charge in [0.2, 0.25) is 0 Å². The van der Waals surface area contributed by atoms with Crippen LogP contribution < -0.4 is 0 Å². The summed E-state index contributed by atoms with van der Waals surface area (Å²) in [7, 11) is 0. The van der Waals surface area contributed by atoms with Crippen LogP contribution in [0.25, 0.3) is 0 Å². The molecule has 0 bridgehead atoms. The molecular formula is C20H28O5. The van der Waals surface area contributed by atoms with Crippen molar-refractivity contribution < 1.29 is 23.8 Å². The number of carbonyl (C=O) groups excluding carboxylic acids is 2. The molecule has 0 radical (unpaired) electrons. The van der Waals surface area contributed by atoms with Crippen LogP contribution in [0.3, 0.4) is 0 Å². The fraction of sp³-hybridized carbons (Fsp3) is 0.800. The first-order valence-corrected chi connectivity index (χ1v) is 9.20. The number of hydrogen-bond donors (Lipinski definition) is 0. The average Bonchev–Trinajstić information content (AvgIpc) is 2.65. The Labute approximate surface area is 149 Å². The molecule has 0 amide bonds. The summed E-state index contributed by atoms with van der Waals surface area (Å²) >= 11 is 0. The first-order chi connectivity index (χ1) is 11.5. The zero-order valence-corrected chi connectivity index (χ0v) is 15.8. The molecule has 4 aliphatic rings. The van der Waals surface area contributed by atoms with Crippen molar-refractivity contribution in [2.24, 2.45) is 22.7 Å². The normalized spacial score (nSPS) is 53.3. The average molecular weight is 348 g/mol. The van der Waals surface area contributed by atoms with Crippen molar-refractivity contribution in [3.63, 3.8) is 0 Å². The topological polar surface area (TPSA) is 61.8 Å². The minimum Gasteiger partial charge on any atom is -0.462 e. The molecule has 4 rings (SSSR count). The SMILES string of the molecule is C=C[C@@]1(C)C[C@@H]2OC(=O)C[C@]3(C)[C@@H]2[C@@](C)(C[C@@H]2OC(=O)C(C)(C)[C@H]23)O1. The largest absolute Gasteiger partial charge is 0.462 e. The van der Waals surface area contributed by atoms with Crippen LogP contribution in [0.15, 0.2) is 12.7 Å². The fourth-order valence-electron chi connectivity index (χ4n) is 6.77. The van der Waals surface area contributed by atoms with Crippen molar-refractivity contribution in [1.29, 1.82) is 0 Å². The predicted octanol–water partition coefficient (Wildman–Crippen LogP) is 3.02. The molecule has 0 spiro atoms. The highest BCUT2D eigenvalue weighted by molar-refractivity contribution is 5.80. The van der Waals surface area contributed by atoms with Gasteiger partial charge < -0.3 is 14.2 Å². The van der Waals surface area contributed by atoms with E-state index in [9.17, 15) is 9.59 Å². The second-order valence-electron chi connectivity index (χ2n) is 9.67. The highest BCUT2D eigenvalue weighted by Gasteiger charge is 2.73. The molecule has 3 aliphatic heterocycles. The minimum absolute atomic E-state index is 0.0161. The second-order valence-corrected chi connectivity index (χ2v) is 9.67. The van der Waals surface area contributed by atoms with E-state index in [1.165, 1.54) is 0 Å². The van der Waals surface area contributed by atoms with E-state index in [2.05, 4.69) is 20.4 Å². The van der Waals surface area contributed by atoms with Gasteiger partial charge in [0.05, 0.1) is 23.0 Å². The number of rotatable bonds is 1. The molecule has 3 heterocycles. The van der Waals surface area contributed by atoms with Gasteiger partial charge in [0.1, 0.15) is 12.2 Å². The molecule has 1 aliphatic carbocycles. The van der Waals surface area contributed by atoms with Gasteiger partial charge in [-0.25, -0.2) is 0 Å². The Kier molecular flexibility index (Phi) is 3.19. The van der Waals surface area contributed by atoms with Gasteiger partial charge in [-0.15, -0.1) is 6.58 Å². The van der Waals surface area contributed by atoms with Crippen LogP contribution in [-0.4, -0.2) is 35.3 Å². The number of ether oxygens (including phenoxy) is 3. The van der Waals surface area contributed by atoms with Gasteiger partial charge in [0.25, 0.3) is 0 Å². The molecule has 5 heteroatoms. The zero-order chi connectivity index (χ0) is 18.4. The first-order valence-electron chi connectivity index (χ1n) is 9.20. The van der Waals surface area contributed by atoms with Gasteiger partial charge in [0.15, 0.2) is 0 Å². The van der Waals surface area contributed by atoms with Gasteiger partial charge in [-0.2, -0.15) is 0 Å². The van der Waals surface area contributed by atoms with Crippen LogP contribution in [0.2, 0.25) is 0 Å². The predicted molar refractivity (Wildman–Crippen MR) is 90.6 cm³/mol. The highest BCUT2D eigenvalue weighted by atomic mass is 16.6. The van der Waals surface area contributed by atoms with Crippen molar-refractivity contribution in [2.75, 3.05) is 0 Å². The van der Waals surface area contributed by atoms with Gasteiger partial charge in [-0.1, -0.05) is 13.0 Å². The molecule has 4 fully saturated rings. The summed E-state index contributed by atoms with van der Waals surface area (Å²) in [5, 5.41) is 0. The summed E-state index contributed by atoms with van der Waals surface area (Å²) in [6.07, 6.45) is 2.88. The van der Waals surface area contributed by atoms with E-state index in [1.54, 1.807) is 6.08 Å². The second kappa shape index (κ2) is 4.67. The van der Waals surface area contributed by atoms with E-state index in [0.717, 1.165) is 0 Å². The van der Waals surface area contributed by atoms with Gasteiger partial charge >= 0.3 is 11.9 Å². The first kappa shape index (κ1) is 17.1. The summed E-state index contributed by atoms with van der Waals surface area (Å²) in [5.74, 6) is -0.332. The summed E-state index contributed by atoms with van der Waals surface area (Å²) in [5.41, 5.74) is -2.08. The Hall–Kier alpha value is -1.36. The Bertz CT molecular complexity index is 669. The molecule has 0 N–H and O–H groups in total. The van der Waals surface area contributed by atoms with Crippen molar-refractivity contribution in [3.8, 4) is 0 Å². The van der Waals surface area contributed by atoms with Crippen LogP contribution in [0.5, 0.6) is 0 Å². The summed E-state index contributed by atoms with van der Waals surface area (Å²) in [4.78, 5) is 25.0. The number of carbonyl (C=O) groups is 2. The van der Waals surface area contributed by atoms with E-state index in [-0.39, 0.29) is 36.0 Å². The van der Waals surface area contributed by atoms with Crippen molar-refractivity contribution in [2.45, 2.75) is 77.3 Å². The molecule has 1 saturated carbocycles. The lowest BCUT2D eigenvalue weighted by Crippen LogP contribution is -2.70. The number of fused-ring (bicyclic) bond motifs is 2. The third-order valence-corrected chi connectivity index (χ3v) is 7.30. The lowest BCUT2D eigenvalue weighted by Gasteiger charge is -2.65. The van der Waals surface area contributed by atoms with Crippen molar-refractivity contribution in [3.05, 3.63) is 12.7 Å². The van der Waals surface area contributed by atoms with E-state index in [1.807, 2.05) is 20.8 Å². The van der Waals surface area contributed by atoms with Crippen molar-refractivity contribution >= 4 is 11.9 Å². The summed E-state index contributed by atoms with van der Waals surface area (Å²) in [6.45, 7) is 14.0. The van der Waals surface area contributed by atoms with Crippen LogP contribution in [0.4, 0.5) is 0 Å². The van der Waals surface area contributed by atoms with E-state index < -0.39 is 22.0 Å². The maximum Gasteiger partial charge on any atom is 0.312 e. The molecule has 7 atom stereocenters. The molecule has 3 saturated heterocycles. The standard InChI is InChI=1S/C20H28O5/c1-7-18(4)8-11-15-19(5,10-13(21)23-11)14-12(9-20(15,6)25-18)24-16(22)17(14,2)3/h7,11-12,14-15H,1,8-10H2,2-6H3/t11-,12-,14-,15+,18-,19-,20+/m0/s1. The molecule has 5 nitrogen and oxygen atoms in total. The van der Waals surface area contributed by atoms with Crippen LogP contribution in [0.1, 0.15) is 53.9 Å². The van der Waals surface area contributed by atoms with Crippen molar-refractivity contribution in [1.82, 2.24) is 0 Å². The Morgan fingerprint density at radius 1 is 1.00 bits per heavy atom. The monoisotopic (exact) mass is 348 g/mol. The summed E-state index contributed by atoms with van der Waals surface area (Å²) < 4.78 is 18.2. The minimum atomic E-state index is -0.609. The number of esters is 2. The molecule has 138 valence electrons. The number of hydrogen-bond acceptors (Lipinski definition) is 5. The van der Waals surface area contributed by atoms with E-state index in [0.29, 0.717) is 19.3 Å². The molecular weight excluding hydrogens is 320 g/mol. The highest BCUT2D eigenvalue weighted by Crippen LogP contribution is 2.66. The Morgan fingerprint density at radius 2 is 1.64 bits per heavy atom. The van der Waals surface area contributed by atoms with Gasteiger partial charge in [-0.05, 0) is 33.1 Å². The maximum atomic E-state index is 12.5. The molecule has 0 aromatic carbocycles. The maximum absolute atomic E-state index is 12.5. The lowest BCUT2D eigenvalue weighted by atomic mass is 9.46. The molecule has 0 aromatic rings. The third kappa shape index (κ3) is 2.05. The van der Waals surface area contributed by atoms with Crippen LogP contribution in [-0.2, 0) is 23.8 Å². The zero-order valence-electron chi connectivity index (χ0n) is 15.8. The van der Waals surface area contributed by atoms with Crippen LogP contribution >= 0.6 is 0 Å². The third-order valence-electron chi connectivity index (χ3n) is 7.30. The van der Waals surface area contributed by atoms with E-state index in [4.69, 9.17) is 14.2 Å². The smallest absolute Gasteiger partial charge is 0.312 e. The van der Waals surface area contributed by atoms with Gasteiger partial charge in [0, 0.05) is 24.7 Å². The quantitative estimate of drug-likeness (QED) is 0.538. The Balaban J connectivity index is 1.87. The fourth-order valence-corrected chi connectivity index (χ4v) is 6.77. The molecule has 25 heavy (non-hydrogen) atoms. The molecule has 0 unspecified atom stereocenters. The lowest BCUT2D eigenvalue weighted by molar-refractivity contribution is -0.301. The molecule has 0 aromatic heterocycles.